The van der Waals surface area contributed by atoms with Crippen molar-refractivity contribution in [3.63, 3.8) is 0 Å². The van der Waals surface area contributed by atoms with Crippen LogP contribution < -0.4 is 9.46 Å². The number of nitrogens with one attached hydrogen (secondary N) is 2. The van der Waals surface area contributed by atoms with E-state index in [-0.39, 0.29) is 29.6 Å². The van der Waals surface area contributed by atoms with Crippen LogP contribution in [0.2, 0.25) is 5.02 Å². The smallest absolute Gasteiger partial charge is 0.276 e. The summed E-state index contributed by atoms with van der Waals surface area (Å²) in [6.45, 7) is 3.05. The number of carbonyl (C=O) groups is 1. The van der Waals surface area contributed by atoms with Crippen LogP contribution >= 0.6 is 11.6 Å². The van der Waals surface area contributed by atoms with E-state index < -0.39 is 10.0 Å². The summed E-state index contributed by atoms with van der Waals surface area (Å²) in [6.07, 6.45) is 7.81. The molecule has 0 fully saturated rings. The van der Waals surface area contributed by atoms with Gasteiger partial charge in [0.2, 0.25) is 10.0 Å². The second-order valence-electron chi connectivity index (χ2n) is 7.61. The van der Waals surface area contributed by atoms with E-state index in [0.717, 1.165) is 17.5 Å². The van der Waals surface area contributed by atoms with Crippen LogP contribution in [-0.2, 0) is 23.0 Å². The number of sulfonamides is 1. The number of nitrogens with zero attached hydrogens (tertiary/aromatic N) is 3. The molecule has 2 N–H and O–H groups in total. The summed E-state index contributed by atoms with van der Waals surface area (Å²) in [6, 6.07) is 11.7. The third kappa shape index (κ3) is 7.29. The van der Waals surface area contributed by atoms with Crippen molar-refractivity contribution in [3.05, 3.63) is 70.5 Å². The Bertz CT molecular complexity index is 1270. The molecule has 1 heterocycles. The van der Waals surface area contributed by atoms with Gasteiger partial charge in [0, 0.05) is 23.7 Å². The lowest BCUT2D eigenvalue weighted by molar-refractivity contribution is 0.0737. The Hall–Kier alpha value is -3.39. The molecular weight excluding hydrogens is 490 g/mol. The van der Waals surface area contributed by atoms with Crippen LogP contribution in [0.4, 0.5) is 0 Å². The topological polar surface area (TPSA) is 117 Å². The highest BCUT2D eigenvalue weighted by atomic mass is 35.5. The molecular formula is C24H26ClN5O4S. The van der Waals surface area contributed by atoms with Gasteiger partial charge in [-0.15, -0.1) is 6.42 Å². The minimum atomic E-state index is -3.67. The SMILES string of the molecule is C#CCNS(=O)(=O)c1ccc(CCN(Cc2cc(Cl)ccc2OCCC)C(=O)c2cn[nH]n2)cc1. The molecule has 2 aromatic carbocycles. The fourth-order valence-corrected chi connectivity index (χ4v) is 4.40. The normalized spacial score (nSPS) is 11.1. The summed E-state index contributed by atoms with van der Waals surface area (Å²) in [5.41, 5.74) is 1.81. The zero-order valence-electron chi connectivity index (χ0n) is 19.2. The number of aromatic amines is 1. The average molecular weight is 516 g/mol. The Morgan fingerprint density at radius 1 is 1.26 bits per heavy atom. The van der Waals surface area contributed by atoms with Crippen LogP contribution in [0, 0.1) is 12.3 Å². The van der Waals surface area contributed by atoms with Gasteiger partial charge in [-0.05, 0) is 48.7 Å². The fourth-order valence-electron chi connectivity index (χ4n) is 3.27. The van der Waals surface area contributed by atoms with Gasteiger partial charge in [0.25, 0.3) is 5.91 Å². The molecule has 0 aliphatic rings. The molecule has 3 aromatic rings. The summed E-state index contributed by atoms with van der Waals surface area (Å²) in [7, 11) is -3.67. The molecule has 11 heteroatoms. The number of carbonyl (C=O) groups excluding carboxylic acids is 1. The van der Waals surface area contributed by atoms with E-state index in [0.29, 0.717) is 30.3 Å². The van der Waals surface area contributed by atoms with Crippen molar-refractivity contribution >= 4 is 27.5 Å². The van der Waals surface area contributed by atoms with Gasteiger partial charge in [0.15, 0.2) is 5.69 Å². The van der Waals surface area contributed by atoms with Gasteiger partial charge in [-0.2, -0.15) is 20.1 Å². The number of amides is 1. The van der Waals surface area contributed by atoms with E-state index in [1.807, 2.05) is 6.92 Å². The van der Waals surface area contributed by atoms with Crippen LogP contribution in [0.5, 0.6) is 5.75 Å². The zero-order chi connectivity index (χ0) is 25.3. The molecule has 0 aliphatic heterocycles. The quantitative estimate of drug-likeness (QED) is 0.358. The summed E-state index contributed by atoms with van der Waals surface area (Å²) < 4.78 is 32.6. The highest BCUT2D eigenvalue weighted by Gasteiger charge is 2.21. The van der Waals surface area contributed by atoms with Crippen molar-refractivity contribution in [3.8, 4) is 18.1 Å². The fraction of sp³-hybridized carbons (Fsp3) is 0.292. The number of halogens is 1. The Morgan fingerprint density at radius 3 is 2.69 bits per heavy atom. The molecule has 0 bridgehead atoms. The van der Waals surface area contributed by atoms with Crippen LogP contribution in [0.3, 0.4) is 0 Å². The lowest BCUT2D eigenvalue weighted by Crippen LogP contribution is -2.33. The standard InChI is InChI=1S/C24H26ClN5O4S/c1-3-12-27-35(32,33)21-8-5-18(6-9-21)11-13-30(24(31)22-16-26-29-28-22)17-19-15-20(25)7-10-23(19)34-14-4-2/h1,5-10,15-16,27H,4,11-14,17H2,2H3,(H,26,28,29). The number of ether oxygens (including phenoxy) is 1. The first-order valence-electron chi connectivity index (χ1n) is 10.9. The van der Waals surface area contributed by atoms with Gasteiger partial charge < -0.3 is 9.64 Å². The van der Waals surface area contributed by atoms with Gasteiger partial charge >= 0.3 is 0 Å². The Labute approximate surface area is 209 Å². The summed E-state index contributed by atoms with van der Waals surface area (Å²) in [5, 5.41) is 10.6. The number of hydrogen-bond acceptors (Lipinski definition) is 6. The zero-order valence-corrected chi connectivity index (χ0v) is 20.8. The first-order chi connectivity index (χ1) is 16.8. The molecule has 9 nitrogen and oxygen atoms in total. The van der Waals surface area contributed by atoms with Gasteiger partial charge in [0.1, 0.15) is 5.75 Å². The second kappa shape index (κ2) is 12.4. The van der Waals surface area contributed by atoms with E-state index in [1.54, 1.807) is 35.2 Å². The lowest BCUT2D eigenvalue weighted by atomic mass is 10.1. The van der Waals surface area contributed by atoms with Crippen molar-refractivity contribution in [1.82, 2.24) is 25.0 Å². The molecule has 0 radical (unpaired) electrons. The molecule has 0 saturated heterocycles. The van der Waals surface area contributed by atoms with E-state index in [2.05, 4.69) is 26.1 Å². The highest BCUT2D eigenvalue weighted by Crippen LogP contribution is 2.25. The maximum atomic E-state index is 13.2. The lowest BCUT2D eigenvalue weighted by Gasteiger charge is -2.23. The molecule has 1 amide bonds. The van der Waals surface area contributed by atoms with Crippen LogP contribution in [0.15, 0.2) is 53.6 Å². The van der Waals surface area contributed by atoms with Crippen molar-refractivity contribution < 1.29 is 17.9 Å². The van der Waals surface area contributed by atoms with E-state index in [4.69, 9.17) is 22.8 Å². The summed E-state index contributed by atoms with van der Waals surface area (Å²) >= 11 is 6.22. The monoisotopic (exact) mass is 515 g/mol. The number of H-pyrrole nitrogens is 1. The van der Waals surface area contributed by atoms with Crippen molar-refractivity contribution in [1.29, 1.82) is 0 Å². The number of rotatable bonds is 12. The van der Waals surface area contributed by atoms with E-state index in [1.165, 1.54) is 18.3 Å². The predicted molar refractivity (Wildman–Crippen MR) is 133 cm³/mol. The second-order valence-corrected chi connectivity index (χ2v) is 9.81. The van der Waals surface area contributed by atoms with Gasteiger partial charge in [0.05, 0.1) is 24.2 Å². The summed E-state index contributed by atoms with van der Waals surface area (Å²) in [5.74, 6) is 2.59. The number of terminal acetylenes is 1. The first kappa shape index (κ1) is 26.2. The molecule has 1 aromatic heterocycles. The van der Waals surface area contributed by atoms with Crippen LogP contribution in [0.1, 0.15) is 35.0 Å². The Kier molecular flexibility index (Phi) is 9.25. The number of benzene rings is 2. The Morgan fingerprint density at radius 2 is 2.03 bits per heavy atom. The molecule has 0 spiro atoms. The molecule has 35 heavy (non-hydrogen) atoms. The van der Waals surface area contributed by atoms with Gasteiger partial charge in [-0.25, -0.2) is 8.42 Å². The predicted octanol–water partition coefficient (Wildman–Crippen LogP) is 3.04. The minimum absolute atomic E-state index is 0.0866. The summed E-state index contributed by atoms with van der Waals surface area (Å²) in [4.78, 5) is 14.9. The maximum Gasteiger partial charge on any atom is 0.276 e. The first-order valence-corrected chi connectivity index (χ1v) is 12.8. The van der Waals surface area contributed by atoms with Crippen molar-refractivity contribution in [2.24, 2.45) is 0 Å². The van der Waals surface area contributed by atoms with E-state index in [9.17, 15) is 13.2 Å². The van der Waals surface area contributed by atoms with E-state index >= 15 is 0 Å². The van der Waals surface area contributed by atoms with Crippen LogP contribution in [-0.4, -0.2) is 54.3 Å². The largest absolute Gasteiger partial charge is 0.493 e. The molecule has 0 unspecified atom stereocenters. The molecule has 3 rings (SSSR count). The number of hydrogen-bond donors (Lipinski definition) is 2. The Balaban J connectivity index is 1.79. The minimum Gasteiger partial charge on any atom is -0.493 e. The molecule has 0 atom stereocenters. The third-order valence-electron chi connectivity index (χ3n) is 5.04. The molecule has 184 valence electrons. The third-order valence-corrected chi connectivity index (χ3v) is 6.69. The van der Waals surface area contributed by atoms with Gasteiger partial charge in [-0.3, -0.25) is 4.79 Å². The van der Waals surface area contributed by atoms with Crippen molar-refractivity contribution in [2.75, 3.05) is 19.7 Å². The molecule has 0 saturated carbocycles. The number of aromatic nitrogens is 3. The molecule has 0 aliphatic carbocycles. The van der Waals surface area contributed by atoms with Gasteiger partial charge in [-0.1, -0.05) is 36.6 Å². The van der Waals surface area contributed by atoms with Crippen molar-refractivity contribution in [2.45, 2.75) is 31.2 Å². The van der Waals surface area contributed by atoms with Crippen LogP contribution in [0.25, 0.3) is 0 Å². The highest BCUT2D eigenvalue weighted by molar-refractivity contribution is 7.89. The average Bonchev–Trinajstić information content (AvgIpc) is 3.40. The maximum absolute atomic E-state index is 13.2.